The van der Waals surface area contributed by atoms with E-state index in [4.69, 9.17) is 10.8 Å². The minimum atomic E-state index is -0.622. The second-order valence-corrected chi connectivity index (χ2v) is 8.96. The third kappa shape index (κ3) is 4.33. The van der Waals surface area contributed by atoms with E-state index in [1.165, 1.54) is 17.0 Å². The first-order chi connectivity index (χ1) is 16.4. The number of amides is 1. The predicted octanol–water partition coefficient (Wildman–Crippen LogP) is 3.17. The number of rotatable bonds is 5. The number of amidine groups is 2. The SMILES string of the molecule is N=C(CC1CC1)N1CCN(C(=O)c2cc(Cc3n[nH]c(=O)c4ccccc34)ccc2F)CC1=N. The van der Waals surface area contributed by atoms with E-state index in [-0.39, 0.29) is 23.5 Å². The zero-order chi connectivity index (χ0) is 23.8. The highest BCUT2D eigenvalue weighted by Gasteiger charge is 2.31. The number of fused-ring (bicyclic) bond motifs is 1. The molecule has 2 heterocycles. The van der Waals surface area contributed by atoms with E-state index in [2.05, 4.69) is 10.2 Å². The maximum absolute atomic E-state index is 14.7. The lowest BCUT2D eigenvalue weighted by Gasteiger charge is -2.36. The largest absolute Gasteiger partial charge is 0.329 e. The molecule has 0 spiro atoms. The summed E-state index contributed by atoms with van der Waals surface area (Å²) in [6, 6.07) is 11.5. The Labute approximate surface area is 195 Å². The average Bonchev–Trinajstić information content (AvgIpc) is 3.65. The van der Waals surface area contributed by atoms with Crippen LogP contribution < -0.4 is 5.56 Å². The van der Waals surface area contributed by atoms with Crippen LogP contribution in [-0.4, -0.2) is 57.2 Å². The number of carbonyl (C=O) groups is 1. The van der Waals surface area contributed by atoms with Crippen molar-refractivity contribution in [1.29, 1.82) is 10.8 Å². The lowest BCUT2D eigenvalue weighted by molar-refractivity contribution is 0.0752. The fraction of sp³-hybridized carbons (Fsp3) is 0.320. The lowest BCUT2D eigenvalue weighted by Crippen LogP contribution is -2.53. The summed E-state index contributed by atoms with van der Waals surface area (Å²) in [7, 11) is 0. The smallest absolute Gasteiger partial charge is 0.272 e. The third-order valence-corrected chi connectivity index (χ3v) is 6.46. The van der Waals surface area contributed by atoms with Crippen LogP contribution in [0.25, 0.3) is 10.8 Å². The van der Waals surface area contributed by atoms with Crippen molar-refractivity contribution >= 4 is 28.4 Å². The van der Waals surface area contributed by atoms with Gasteiger partial charge in [0, 0.05) is 31.3 Å². The Morgan fingerprint density at radius 3 is 2.65 bits per heavy atom. The molecule has 1 aliphatic heterocycles. The summed E-state index contributed by atoms with van der Waals surface area (Å²) in [6.07, 6.45) is 3.25. The normalized spacial score (nSPS) is 16.2. The van der Waals surface area contributed by atoms with Crippen molar-refractivity contribution in [3.05, 3.63) is 75.5 Å². The molecule has 3 N–H and O–H groups in total. The van der Waals surface area contributed by atoms with E-state index in [1.54, 1.807) is 23.1 Å². The molecule has 1 amide bonds. The summed E-state index contributed by atoms with van der Waals surface area (Å²) in [5.41, 5.74) is 0.987. The van der Waals surface area contributed by atoms with Crippen molar-refractivity contribution < 1.29 is 9.18 Å². The van der Waals surface area contributed by atoms with Crippen molar-refractivity contribution in [2.75, 3.05) is 19.6 Å². The number of nitrogens with one attached hydrogen (secondary N) is 3. The highest BCUT2D eigenvalue weighted by atomic mass is 19.1. The lowest BCUT2D eigenvalue weighted by atomic mass is 10.0. The average molecular weight is 461 g/mol. The molecule has 1 aromatic heterocycles. The minimum Gasteiger partial charge on any atom is -0.329 e. The monoisotopic (exact) mass is 460 g/mol. The number of carbonyl (C=O) groups excluding carboxylic acids is 1. The number of halogens is 1. The van der Waals surface area contributed by atoms with Crippen molar-refractivity contribution in [1.82, 2.24) is 20.0 Å². The highest BCUT2D eigenvalue weighted by molar-refractivity contribution is 6.03. The van der Waals surface area contributed by atoms with Crippen LogP contribution in [0.15, 0.2) is 47.3 Å². The van der Waals surface area contributed by atoms with Gasteiger partial charge in [-0.3, -0.25) is 20.4 Å². The molecule has 9 heteroatoms. The van der Waals surface area contributed by atoms with Crippen molar-refractivity contribution in [3.63, 3.8) is 0 Å². The molecule has 174 valence electrons. The van der Waals surface area contributed by atoms with Crippen LogP contribution in [0.4, 0.5) is 4.39 Å². The van der Waals surface area contributed by atoms with Crippen LogP contribution in [-0.2, 0) is 6.42 Å². The fourth-order valence-electron chi connectivity index (χ4n) is 4.39. The summed E-state index contributed by atoms with van der Waals surface area (Å²) in [6.45, 7) is 0.733. The van der Waals surface area contributed by atoms with Crippen molar-refractivity contribution in [2.45, 2.75) is 25.7 Å². The molecule has 5 rings (SSSR count). The first kappa shape index (κ1) is 21.9. The number of hydrogen-bond acceptors (Lipinski definition) is 5. The van der Waals surface area contributed by atoms with Gasteiger partial charge in [0.15, 0.2) is 0 Å². The number of nitrogens with zero attached hydrogens (tertiary/aromatic N) is 3. The zero-order valence-electron chi connectivity index (χ0n) is 18.6. The van der Waals surface area contributed by atoms with Crippen LogP contribution in [0.5, 0.6) is 0 Å². The van der Waals surface area contributed by atoms with Crippen LogP contribution in [0, 0.1) is 22.6 Å². The molecule has 2 aromatic carbocycles. The number of benzene rings is 2. The Morgan fingerprint density at radius 2 is 1.91 bits per heavy atom. The number of piperazine rings is 1. The standard InChI is InChI=1S/C25H25FN6O2/c26-20-8-7-16(12-21-17-3-1-2-4-18(17)24(33)30-29-21)11-19(20)25(34)31-9-10-32(23(28)14-31)22(27)13-15-5-6-15/h1-4,7-8,11,15,27-28H,5-6,9-10,12-14H2,(H,30,33). The Kier molecular flexibility index (Phi) is 5.69. The molecule has 34 heavy (non-hydrogen) atoms. The van der Waals surface area contributed by atoms with Gasteiger partial charge in [-0.15, -0.1) is 0 Å². The highest BCUT2D eigenvalue weighted by Crippen LogP contribution is 2.33. The third-order valence-electron chi connectivity index (χ3n) is 6.46. The summed E-state index contributed by atoms with van der Waals surface area (Å²) >= 11 is 0. The maximum Gasteiger partial charge on any atom is 0.272 e. The Balaban J connectivity index is 1.34. The topological polar surface area (TPSA) is 117 Å². The molecule has 2 fully saturated rings. The molecule has 8 nitrogen and oxygen atoms in total. The Bertz CT molecular complexity index is 1360. The van der Waals surface area contributed by atoms with E-state index in [9.17, 15) is 14.0 Å². The first-order valence-corrected chi connectivity index (χ1v) is 11.4. The van der Waals surface area contributed by atoms with E-state index in [0.29, 0.717) is 59.7 Å². The van der Waals surface area contributed by atoms with Gasteiger partial charge >= 0.3 is 0 Å². The second kappa shape index (κ2) is 8.81. The molecule has 1 saturated carbocycles. The van der Waals surface area contributed by atoms with Crippen LogP contribution in [0.3, 0.4) is 0 Å². The number of H-pyrrole nitrogens is 1. The molecule has 0 unspecified atom stereocenters. The molecular weight excluding hydrogens is 435 g/mol. The second-order valence-electron chi connectivity index (χ2n) is 8.96. The van der Waals surface area contributed by atoms with Crippen LogP contribution in [0.1, 0.15) is 40.9 Å². The summed E-state index contributed by atoms with van der Waals surface area (Å²) in [4.78, 5) is 28.3. The summed E-state index contributed by atoms with van der Waals surface area (Å²) < 4.78 is 14.7. The fourth-order valence-corrected chi connectivity index (χ4v) is 4.39. The summed E-state index contributed by atoms with van der Waals surface area (Å²) in [5, 5.41) is 24.5. The van der Waals surface area contributed by atoms with Gasteiger partial charge in [-0.2, -0.15) is 5.10 Å². The van der Waals surface area contributed by atoms with Gasteiger partial charge in [0.05, 0.1) is 23.2 Å². The van der Waals surface area contributed by atoms with Crippen molar-refractivity contribution in [2.24, 2.45) is 5.92 Å². The van der Waals surface area contributed by atoms with Gasteiger partial charge in [-0.1, -0.05) is 24.3 Å². The molecule has 1 saturated heterocycles. The van der Waals surface area contributed by atoms with Gasteiger partial charge in [-0.25, -0.2) is 9.49 Å². The maximum atomic E-state index is 14.7. The Hall–Kier alpha value is -3.88. The molecular formula is C25H25FN6O2. The minimum absolute atomic E-state index is 0.0433. The van der Waals surface area contributed by atoms with Gasteiger partial charge in [-0.05, 0) is 42.5 Å². The number of aromatic amines is 1. The molecule has 0 atom stereocenters. The van der Waals surface area contributed by atoms with E-state index < -0.39 is 11.7 Å². The molecule has 0 radical (unpaired) electrons. The number of hydrogen-bond donors (Lipinski definition) is 3. The summed E-state index contributed by atoms with van der Waals surface area (Å²) in [5.74, 6) is 0.0604. The van der Waals surface area contributed by atoms with E-state index in [1.807, 2.05) is 12.1 Å². The first-order valence-electron chi connectivity index (χ1n) is 11.4. The Morgan fingerprint density at radius 1 is 1.15 bits per heavy atom. The van der Waals surface area contributed by atoms with Crippen LogP contribution in [0.2, 0.25) is 0 Å². The quantitative estimate of drug-likeness (QED) is 0.400. The number of aromatic nitrogens is 2. The van der Waals surface area contributed by atoms with Crippen LogP contribution >= 0.6 is 0 Å². The van der Waals surface area contributed by atoms with Crippen molar-refractivity contribution in [3.8, 4) is 0 Å². The van der Waals surface area contributed by atoms with E-state index in [0.717, 1.165) is 12.8 Å². The molecule has 2 aliphatic rings. The molecule has 3 aromatic rings. The molecule has 0 bridgehead atoms. The van der Waals surface area contributed by atoms with Gasteiger partial charge in [0.25, 0.3) is 11.5 Å². The van der Waals surface area contributed by atoms with Gasteiger partial charge in [0.1, 0.15) is 17.5 Å². The molecule has 1 aliphatic carbocycles. The predicted molar refractivity (Wildman–Crippen MR) is 127 cm³/mol. The van der Waals surface area contributed by atoms with Gasteiger partial charge in [0.2, 0.25) is 0 Å². The van der Waals surface area contributed by atoms with Gasteiger partial charge < -0.3 is 9.80 Å². The zero-order valence-corrected chi connectivity index (χ0v) is 18.6. The van der Waals surface area contributed by atoms with E-state index >= 15 is 0 Å².